The molecule has 1 heterocycles. The summed E-state index contributed by atoms with van der Waals surface area (Å²) in [4.78, 5) is 12.6. The van der Waals surface area contributed by atoms with Gasteiger partial charge in [0.05, 0.1) is 10.6 Å². The van der Waals surface area contributed by atoms with Crippen LogP contribution in [0.2, 0.25) is 0 Å². The molecule has 1 aliphatic rings. The van der Waals surface area contributed by atoms with Gasteiger partial charge in [0.15, 0.2) is 0 Å². The second kappa shape index (κ2) is 8.67. The third-order valence-corrected chi connectivity index (χ3v) is 6.74. The molecule has 0 spiro atoms. The molecule has 1 N–H and O–H groups in total. The van der Waals surface area contributed by atoms with Crippen LogP contribution in [0.15, 0.2) is 58.5 Å². The molecule has 1 aliphatic heterocycles. The highest BCUT2D eigenvalue weighted by Gasteiger charge is 2.26. The Morgan fingerprint density at radius 1 is 1.00 bits per heavy atom. The molecule has 1 saturated heterocycles. The number of sulfonamides is 1. The molecule has 1 amide bonds. The standard InChI is InChI=1S/C21H25N3O3S/c1-16-9-11-18(12-10-16)17(2)22-23-21(25)19-7-6-8-20(15-19)28(26,27)24-13-4-3-5-14-24/h6-12,15H,3-5,13-14H2,1-2H3,(H,23,25). The number of rotatable bonds is 5. The van der Waals surface area contributed by atoms with Crippen LogP contribution in [0.3, 0.4) is 0 Å². The number of hydrazone groups is 1. The summed E-state index contributed by atoms with van der Waals surface area (Å²) >= 11 is 0. The normalized spacial score (nSPS) is 16.0. The first-order valence-electron chi connectivity index (χ1n) is 9.40. The monoisotopic (exact) mass is 399 g/mol. The Morgan fingerprint density at radius 3 is 2.36 bits per heavy atom. The quantitative estimate of drug-likeness (QED) is 0.619. The van der Waals surface area contributed by atoms with Crippen LogP contribution in [0.1, 0.15) is 47.7 Å². The largest absolute Gasteiger partial charge is 0.271 e. The maximum absolute atomic E-state index is 12.8. The van der Waals surface area contributed by atoms with Crippen molar-refractivity contribution in [2.24, 2.45) is 5.10 Å². The molecule has 0 unspecified atom stereocenters. The molecule has 0 atom stereocenters. The molecule has 0 radical (unpaired) electrons. The van der Waals surface area contributed by atoms with E-state index in [0.717, 1.165) is 30.4 Å². The minimum Gasteiger partial charge on any atom is -0.267 e. The first kappa shape index (κ1) is 20.2. The summed E-state index contributed by atoms with van der Waals surface area (Å²) in [6.45, 7) is 4.86. The van der Waals surface area contributed by atoms with Crippen molar-refractivity contribution in [3.63, 3.8) is 0 Å². The van der Waals surface area contributed by atoms with Gasteiger partial charge < -0.3 is 0 Å². The first-order chi connectivity index (χ1) is 13.4. The third-order valence-electron chi connectivity index (χ3n) is 4.84. The third kappa shape index (κ3) is 4.66. The zero-order chi connectivity index (χ0) is 20.1. The second-order valence-electron chi connectivity index (χ2n) is 7.00. The summed E-state index contributed by atoms with van der Waals surface area (Å²) in [7, 11) is -3.58. The zero-order valence-corrected chi connectivity index (χ0v) is 17.0. The van der Waals surface area contributed by atoms with Gasteiger partial charge in [0.25, 0.3) is 5.91 Å². The molecule has 6 nitrogen and oxygen atoms in total. The van der Waals surface area contributed by atoms with E-state index in [-0.39, 0.29) is 10.5 Å². The molecule has 2 aromatic rings. The molecule has 0 aromatic heterocycles. The molecular weight excluding hydrogens is 374 g/mol. The Bertz CT molecular complexity index is 976. The van der Waals surface area contributed by atoms with Gasteiger partial charge >= 0.3 is 0 Å². The molecule has 3 rings (SSSR count). The lowest BCUT2D eigenvalue weighted by Gasteiger charge is -2.25. The van der Waals surface area contributed by atoms with E-state index in [1.807, 2.05) is 38.1 Å². The molecule has 2 aromatic carbocycles. The van der Waals surface area contributed by atoms with Crippen LogP contribution in [0.25, 0.3) is 0 Å². The van der Waals surface area contributed by atoms with Gasteiger partial charge in [-0.3, -0.25) is 4.79 Å². The maximum Gasteiger partial charge on any atom is 0.271 e. The molecule has 0 aliphatic carbocycles. The number of amides is 1. The van der Waals surface area contributed by atoms with E-state index in [0.29, 0.717) is 18.8 Å². The highest BCUT2D eigenvalue weighted by Crippen LogP contribution is 2.21. The fourth-order valence-corrected chi connectivity index (χ4v) is 4.67. The molecule has 0 saturated carbocycles. The van der Waals surface area contributed by atoms with Gasteiger partial charge in [-0.2, -0.15) is 9.41 Å². The van der Waals surface area contributed by atoms with Crippen LogP contribution in [-0.2, 0) is 10.0 Å². The van der Waals surface area contributed by atoms with Gasteiger partial charge in [0.2, 0.25) is 10.0 Å². The number of nitrogens with one attached hydrogen (secondary N) is 1. The Kier molecular flexibility index (Phi) is 6.26. The zero-order valence-electron chi connectivity index (χ0n) is 16.2. The molecule has 148 valence electrons. The smallest absolute Gasteiger partial charge is 0.267 e. The summed E-state index contributed by atoms with van der Waals surface area (Å²) in [5, 5.41) is 4.14. The van der Waals surface area contributed by atoms with Gasteiger partial charge in [-0.1, -0.05) is 42.3 Å². The van der Waals surface area contributed by atoms with Crippen LogP contribution in [-0.4, -0.2) is 37.4 Å². The van der Waals surface area contributed by atoms with Gasteiger partial charge in [-0.05, 0) is 50.5 Å². The van der Waals surface area contributed by atoms with Crippen molar-refractivity contribution in [2.75, 3.05) is 13.1 Å². The van der Waals surface area contributed by atoms with E-state index >= 15 is 0 Å². The summed E-state index contributed by atoms with van der Waals surface area (Å²) in [5.74, 6) is -0.442. The minimum atomic E-state index is -3.58. The van der Waals surface area contributed by atoms with Crippen molar-refractivity contribution >= 4 is 21.6 Å². The number of aryl methyl sites for hydroxylation is 1. The Labute approximate surface area is 166 Å². The lowest BCUT2D eigenvalue weighted by molar-refractivity contribution is 0.0954. The summed E-state index contributed by atoms with van der Waals surface area (Å²) in [6.07, 6.45) is 2.78. The molecule has 0 bridgehead atoms. The number of hydrogen-bond acceptors (Lipinski definition) is 4. The van der Waals surface area contributed by atoms with Gasteiger partial charge in [0, 0.05) is 18.7 Å². The fraction of sp³-hybridized carbons (Fsp3) is 0.333. The summed E-state index contributed by atoms with van der Waals surface area (Å²) in [6, 6.07) is 13.9. The van der Waals surface area contributed by atoms with Crippen molar-refractivity contribution in [3.05, 3.63) is 65.2 Å². The predicted octanol–water partition coefficient (Wildman–Crippen LogP) is 3.32. The number of carbonyl (C=O) groups is 1. The van der Waals surface area contributed by atoms with E-state index in [2.05, 4.69) is 10.5 Å². The average Bonchev–Trinajstić information content (AvgIpc) is 2.73. The van der Waals surface area contributed by atoms with Crippen molar-refractivity contribution in [2.45, 2.75) is 38.0 Å². The van der Waals surface area contributed by atoms with E-state index in [1.54, 1.807) is 12.1 Å². The van der Waals surface area contributed by atoms with E-state index < -0.39 is 15.9 Å². The number of carbonyl (C=O) groups excluding carboxylic acids is 1. The molecular formula is C21H25N3O3S. The van der Waals surface area contributed by atoms with Crippen LogP contribution >= 0.6 is 0 Å². The van der Waals surface area contributed by atoms with Gasteiger partial charge in [0.1, 0.15) is 0 Å². The average molecular weight is 400 g/mol. The lowest BCUT2D eigenvalue weighted by Crippen LogP contribution is -2.35. The van der Waals surface area contributed by atoms with Crippen LogP contribution in [0.5, 0.6) is 0 Å². The van der Waals surface area contributed by atoms with Crippen molar-refractivity contribution in [1.82, 2.24) is 9.73 Å². The topological polar surface area (TPSA) is 78.8 Å². The minimum absolute atomic E-state index is 0.140. The number of hydrogen-bond donors (Lipinski definition) is 1. The summed E-state index contributed by atoms with van der Waals surface area (Å²) < 4.78 is 27.1. The van der Waals surface area contributed by atoms with E-state index in [9.17, 15) is 13.2 Å². The van der Waals surface area contributed by atoms with Crippen LogP contribution in [0, 0.1) is 6.92 Å². The predicted molar refractivity (Wildman–Crippen MR) is 110 cm³/mol. The van der Waals surface area contributed by atoms with Gasteiger partial charge in [-0.25, -0.2) is 13.8 Å². The first-order valence-corrected chi connectivity index (χ1v) is 10.8. The Morgan fingerprint density at radius 2 is 1.68 bits per heavy atom. The highest BCUT2D eigenvalue weighted by molar-refractivity contribution is 7.89. The molecule has 28 heavy (non-hydrogen) atoms. The number of benzene rings is 2. The van der Waals surface area contributed by atoms with Crippen molar-refractivity contribution in [3.8, 4) is 0 Å². The number of piperidine rings is 1. The van der Waals surface area contributed by atoms with E-state index in [1.165, 1.54) is 16.4 Å². The summed E-state index contributed by atoms with van der Waals surface area (Å²) in [5.41, 5.74) is 5.50. The Hall–Kier alpha value is -2.51. The molecule has 1 fully saturated rings. The van der Waals surface area contributed by atoms with Crippen molar-refractivity contribution < 1.29 is 13.2 Å². The van der Waals surface area contributed by atoms with E-state index in [4.69, 9.17) is 0 Å². The molecule has 7 heteroatoms. The lowest BCUT2D eigenvalue weighted by atomic mass is 10.1. The number of nitrogens with zero attached hydrogens (tertiary/aromatic N) is 2. The highest BCUT2D eigenvalue weighted by atomic mass is 32.2. The second-order valence-corrected chi connectivity index (χ2v) is 8.93. The fourth-order valence-electron chi connectivity index (χ4n) is 3.11. The van der Waals surface area contributed by atoms with Gasteiger partial charge in [-0.15, -0.1) is 0 Å². The van der Waals surface area contributed by atoms with Crippen LogP contribution < -0.4 is 5.43 Å². The Balaban J connectivity index is 1.75. The van der Waals surface area contributed by atoms with Crippen molar-refractivity contribution in [1.29, 1.82) is 0 Å². The maximum atomic E-state index is 12.8. The van der Waals surface area contributed by atoms with Crippen LogP contribution in [0.4, 0.5) is 0 Å². The SMILES string of the molecule is CC(=NNC(=O)c1cccc(S(=O)(=O)N2CCCCC2)c1)c1ccc(C)cc1.